The minimum Gasteiger partial charge on any atom is -0.478 e. The molecule has 8 nitrogen and oxygen atoms in total. The van der Waals surface area contributed by atoms with Gasteiger partial charge in [-0.2, -0.15) is 0 Å². The third-order valence-corrected chi connectivity index (χ3v) is 5.81. The summed E-state index contributed by atoms with van der Waals surface area (Å²) < 4.78 is 0. The number of thioether (sulfide) groups is 1. The predicted octanol–water partition coefficient (Wildman–Crippen LogP) is 3.84. The normalized spacial score (nSPS) is 11.5. The Labute approximate surface area is 199 Å². The van der Waals surface area contributed by atoms with Crippen LogP contribution in [0.4, 0.5) is 11.4 Å². The zero-order valence-electron chi connectivity index (χ0n) is 17.8. The zero-order valence-corrected chi connectivity index (χ0v) is 18.6. The molecule has 1 atom stereocenters. The summed E-state index contributed by atoms with van der Waals surface area (Å²) in [6.07, 6.45) is 1.67. The Hall–Kier alpha value is -4.37. The Balaban J connectivity index is 1.79. The molecule has 0 aliphatic heterocycles. The number of para-hydroxylation sites is 1. The minimum atomic E-state index is -1.22. The molecule has 1 unspecified atom stereocenters. The number of anilines is 2. The number of rotatable bonds is 9. The third-order valence-electron chi connectivity index (χ3n) is 4.54. The first-order valence-corrected chi connectivity index (χ1v) is 10.9. The molecule has 3 amide bonds. The van der Waals surface area contributed by atoms with Crippen LogP contribution >= 0.6 is 11.8 Å². The van der Waals surface area contributed by atoms with Gasteiger partial charge < -0.3 is 21.5 Å². The first kappa shape index (κ1) is 24.3. The molecule has 0 fully saturated rings. The fourth-order valence-corrected chi connectivity index (χ4v) is 4.01. The van der Waals surface area contributed by atoms with Gasteiger partial charge in [-0.05, 0) is 42.0 Å². The number of nitrogens with two attached hydrogens (primary N) is 1. The van der Waals surface area contributed by atoms with Crippen LogP contribution in [-0.4, -0.2) is 28.8 Å². The van der Waals surface area contributed by atoms with E-state index in [1.807, 2.05) is 30.3 Å². The van der Waals surface area contributed by atoms with Gasteiger partial charge in [0.1, 0.15) is 5.25 Å². The summed E-state index contributed by atoms with van der Waals surface area (Å²) in [5.74, 6) is -2.76. The van der Waals surface area contributed by atoms with Gasteiger partial charge in [0.2, 0.25) is 11.8 Å². The molecule has 0 bridgehead atoms. The van der Waals surface area contributed by atoms with Gasteiger partial charge in [0.05, 0.1) is 11.3 Å². The lowest BCUT2D eigenvalue weighted by molar-refractivity contribution is -0.131. The van der Waals surface area contributed by atoms with E-state index < -0.39 is 23.0 Å². The number of carboxylic acid groups (broad SMARTS) is 1. The number of benzene rings is 3. The summed E-state index contributed by atoms with van der Waals surface area (Å²) >= 11 is 1.29. The summed E-state index contributed by atoms with van der Waals surface area (Å²) in [5.41, 5.74) is 7.20. The van der Waals surface area contributed by atoms with E-state index in [2.05, 4.69) is 10.6 Å². The van der Waals surface area contributed by atoms with E-state index in [1.165, 1.54) is 11.8 Å². The smallest absolute Gasteiger partial charge is 0.328 e. The van der Waals surface area contributed by atoms with Crippen molar-refractivity contribution in [3.63, 3.8) is 0 Å². The third kappa shape index (κ3) is 6.81. The second-order valence-electron chi connectivity index (χ2n) is 6.99. The minimum absolute atomic E-state index is 0.213. The molecule has 0 spiro atoms. The number of amides is 3. The summed E-state index contributed by atoms with van der Waals surface area (Å²) in [6, 6.07) is 22.5. The number of aliphatic carboxylic acids is 1. The predicted molar refractivity (Wildman–Crippen MR) is 130 cm³/mol. The number of hydrogen-bond acceptors (Lipinski definition) is 5. The van der Waals surface area contributed by atoms with Crippen molar-refractivity contribution in [2.75, 3.05) is 10.6 Å². The molecule has 172 valence electrons. The largest absolute Gasteiger partial charge is 0.478 e. The first-order chi connectivity index (χ1) is 16.3. The maximum Gasteiger partial charge on any atom is 0.328 e. The lowest BCUT2D eigenvalue weighted by Gasteiger charge is -2.18. The van der Waals surface area contributed by atoms with Gasteiger partial charge >= 0.3 is 5.97 Å². The Morgan fingerprint density at radius 2 is 1.47 bits per heavy atom. The summed E-state index contributed by atoms with van der Waals surface area (Å²) in [5, 5.41) is 13.3. The van der Waals surface area contributed by atoms with Crippen LogP contribution in [0.25, 0.3) is 0 Å². The Kier molecular flexibility index (Phi) is 8.20. The van der Waals surface area contributed by atoms with E-state index in [-0.39, 0.29) is 11.5 Å². The maximum atomic E-state index is 13.2. The molecule has 0 saturated carbocycles. The van der Waals surface area contributed by atoms with Crippen LogP contribution in [-0.2, 0) is 14.4 Å². The number of carboxylic acids is 1. The van der Waals surface area contributed by atoms with Gasteiger partial charge in [0.25, 0.3) is 5.91 Å². The molecular weight excluding hydrogens is 454 g/mol. The Morgan fingerprint density at radius 3 is 2.12 bits per heavy atom. The highest BCUT2D eigenvalue weighted by Gasteiger charge is 2.23. The Bertz CT molecular complexity index is 1230. The molecule has 3 aromatic carbocycles. The molecule has 3 aromatic rings. The highest BCUT2D eigenvalue weighted by molar-refractivity contribution is 8.00. The maximum absolute atomic E-state index is 13.2. The van der Waals surface area contributed by atoms with E-state index in [4.69, 9.17) is 10.8 Å². The van der Waals surface area contributed by atoms with Crippen LogP contribution in [0, 0.1) is 0 Å². The first-order valence-electron chi connectivity index (χ1n) is 10.1. The van der Waals surface area contributed by atoms with Crippen molar-refractivity contribution in [3.05, 3.63) is 102 Å². The molecule has 0 heterocycles. The molecule has 9 heteroatoms. The number of carbonyl (C=O) groups excluding carboxylic acids is 3. The highest BCUT2D eigenvalue weighted by atomic mass is 32.2. The zero-order chi connectivity index (χ0) is 24.5. The highest BCUT2D eigenvalue weighted by Crippen LogP contribution is 2.37. The quantitative estimate of drug-likeness (QED) is 0.274. The van der Waals surface area contributed by atoms with E-state index in [0.717, 1.165) is 22.6 Å². The average Bonchev–Trinajstić information content (AvgIpc) is 2.83. The van der Waals surface area contributed by atoms with Gasteiger partial charge in [0, 0.05) is 22.7 Å². The van der Waals surface area contributed by atoms with Crippen LogP contribution in [0.5, 0.6) is 0 Å². The fourth-order valence-electron chi connectivity index (χ4n) is 2.99. The number of primary amides is 1. The van der Waals surface area contributed by atoms with Gasteiger partial charge in [0.15, 0.2) is 0 Å². The molecule has 0 aliphatic rings. The topological polar surface area (TPSA) is 139 Å². The fraction of sp³-hybridized carbons (Fsp3) is 0.0400. The molecule has 0 saturated heterocycles. The van der Waals surface area contributed by atoms with Crippen molar-refractivity contribution in [1.29, 1.82) is 0 Å². The van der Waals surface area contributed by atoms with E-state index >= 15 is 0 Å². The van der Waals surface area contributed by atoms with Crippen molar-refractivity contribution in [1.82, 2.24) is 0 Å². The lowest BCUT2D eigenvalue weighted by Crippen LogP contribution is -2.22. The summed E-state index contributed by atoms with van der Waals surface area (Å²) in [7, 11) is 0. The molecule has 0 aromatic heterocycles. The van der Waals surface area contributed by atoms with Crippen molar-refractivity contribution >= 4 is 46.8 Å². The molecule has 5 N–H and O–H groups in total. The molecule has 0 aliphatic carbocycles. The number of hydrogen-bond donors (Lipinski definition) is 4. The van der Waals surface area contributed by atoms with E-state index in [0.29, 0.717) is 11.4 Å². The summed E-state index contributed by atoms with van der Waals surface area (Å²) in [6.45, 7) is 0. The van der Waals surface area contributed by atoms with Crippen molar-refractivity contribution < 1.29 is 24.3 Å². The van der Waals surface area contributed by atoms with Crippen molar-refractivity contribution in [2.24, 2.45) is 5.73 Å². The second kappa shape index (κ2) is 11.5. The van der Waals surface area contributed by atoms with E-state index in [1.54, 1.807) is 48.5 Å². The lowest BCUT2D eigenvalue weighted by atomic mass is 10.1. The second-order valence-corrected chi connectivity index (χ2v) is 8.17. The average molecular weight is 476 g/mol. The monoisotopic (exact) mass is 475 g/mol. The van der Waals surface area contributed by atoms with Crippen LogP contribution in [0.3, 0.4) is 0 Å². The van der Waals surface area contributed by atoms with Crippen molar-refractivity contribution in [3.8, 4) is 0 Å². The van der Waals surface area contributed by atoms with Gasteiger partial charge in [-0.1, -0.05) is 42.5 Å². The number of carbonyl (C=O) groups is 4. The molecule has 3 rings (SSSR count). The van der Waals surface area contributed by atoms with Crippen LogP contribution in [0.1, 0.15) is 21.2 Å². The van der Waals surface area contributed by atoms with Gasteiger partial charge in [-0.15, -0.1) is 11.8 Å². The molecule has 0 radical (unpaired) electrons. The van der Waals surface area contributed by atoms with Gasteiger partial charge in [-0.3, -0.25) is 14.4 Å². The van der Waals surface area contributed by atoms with Crippen LogP contribution in [0.15, 0.2) is 95.9 Å². The molecular formula is C25H21N3O5S. The van der Waals surface area contributed by atoms with Crippen LogP contribution < -0.4 is 16.4 Å². The van der Waals surface area contributed by atoms with Crippen LogP contribution in [0.2, 0.25) is 0 Å². The Morgan fingerprint density at radius 1 is 0.824 bits per heavy atom. The number of nitrogens with one attached hydrogen (secondary N) is 2. The van der Waals surface area contributed by atoms with E-state index in [9.17, 15) is 19.2 Å². The molecule has 34 heavy (non-hydrogen) atoms. The van der Waals surface area contributed by atoms with Gasteiger partial charge in [-0.25, -0.2) is 4.79 Å². The SMILES string of the molecule is NC(=O)c1ccccc1NC(=O)C(Sc1ccc(NC(=O)/C=C/C(=O)O)cc1)c1ccccc1. The summed E-state index contributed by atoms with van der Waals surface area (Å²) in [4.78, 5) is 48.0. The standard InChI is InChI=1S/C25H21N3O5S/c26-24(32)19-8-4-5-9-20(19)28-25(33)23(16-6-2-1-3-7-16)34-18-12-10-17(11-13-18)27-21(29)14-15-22(30)31/h1-15,23H,(H2,26,32)(H,27,29)(H,28,33)(H,30,31)/b15-14+. The van der Waals surface area contributed by atoms with Crippen molar-refractivity contribution in [2.45, 2.75) is 10.1 Å².